The average molecular weight is 215 g/mol. The van der Waals surface area contributed by atoms with Gasteiger partial charge in [-0.2, -0.15) is 0 Å². The van der Waals surface area contributed by atoms with E-state index in [4.69, 9.17) is 4.74 Å². The summed E-state index contributed by atoms with van der Waals surface area (Å²) in [7, 11) is 0. The summed E-state index contributed by atoms with van der Waals surface area (Å²) < 4.78 is 5.38. The number of rotatable bonds is 10. The topological polar surface area (TPSA) is 21.3 Å². The van der Waals surface area contributed by atoms with Crippen LogP contribution in [0.5, 0.6) is 0 Å². The molecule has 1 N–H and O–H groups in total. The van der Waals surface area contributed by atoms with Gasteiger partial charge in [0.15, 0.2) is 0 Å². The van der Waals surface area contributed by atoms with Crippen molar-refractivity contribution in [3.05, 3.63) is 0 Å². The van der Waals surface area contributed by atoms with Gasteiger partial charge in [0, 0.05) is 19.3 Å². The highest BCUT2D eigenvalue weighted by Gasteiger charge is 2.16. The molecule has 0 fully saturated rings. The fourth-order valence-corrected chi connectivity index (χ4v) is 2.17. The molecular weight excluding hydrogens is 186 g/mol. The van der Waals surface area contributed by atoms with Crippen molar-refractivity contribution < 1.29 is 4.74 Å². The molecule has 0 heterocycles. The Hall–Kier alpha value is -0.0800. The van der Waals surface area contributed by atoms with Crippen molar-refractivity contribution in [1.29, 1.82) is 0 Å². The van der Waals surface area contributed by atoms with Crippen molar-refractivity contribution in [2.45, 2.75) is 59.4 Å². The molecule has 0 amide bonds. The SMILES string of the molecule is CCNC(CCCOCC)C(CC)CC. The fourth-order valence-electron chi connectivity index (χ4n) is 2.17. The predicted octanol–water partition coefficient (Wildman–Crippen LogP) is 3.22. The molecule has 2 nitrogen and oxygen atoms in total. The van der Waals surface area contributed by atoms with Gasteiger partial charge >= 0.3 is 0 Å². The summed E-state index contributed by atoms with van der Waals surface area (Å²) in [4.78, 5) is 0. The molecule has 0 saturated carbocycles. The van der Waals surface area contributed by atoms with Crippen LogP contribution in [0.4, 0.5) is 0 Å². The Morgan fingerprint density at radius 1 is 1.07 bits per heavy atom. The molecular formula is C13H29NO. The second-order valence-corrected chi connectivity index (χ2v) is 4.08. The van der Waals surface area contributed by atoms with Crippen LogP contribution in [0.3, 0.4) is 0 Å². The predicted molar refractivity (Wildman–Crippen MR) is 67.3 cm³/mol. The fraction of sp³-hybridized carbons (Fsp3) is 1.00. The Kier molecular flexibility index (Phi) is 10.4. The maximum absolute atomic E-state index is 5.38. The summed E-state index contributed by atoms with van der Waals surface area (Å²) in [5.41, 5.74) is 0. The summed E-state index contributed by atoms with van der Waals surface area (Å²) >= 11 is 0. The van der Waals surface area contributed by atoms with Crippen molar-refractivity contribution in [2.75, 3.05) is 19.8 Å². The van der Waals surface area contributed by atoms with Gasteiger partial charge in [0.25, 0.3) is 0 Å². The number of hydrogen-bond donors (Lipinski definition) is 1. The lowest BCUT2D eigenvalue weighted by molar-refractivity contribution is 0.137. The van der Waals surface area contributed by atoms with Crippen LogP contribution in [0.15, 0.2) is 0 Å². The van der Waals surface area contributed by atoms with E-state index in [1.165, 1.54) is 25.7 Å². The Labute approximate surface area is 95.8 Å². The molecule has 0 aliphatic rings. The van der Waals surface area contributed by atoms with Crippen molar-refractivity contribution in [3.8, 4) is 0 Å². The molecule has 0 aromatic rings. The van der Waals surface area contributed by atoms with Crippen LogP contribution in [0, 0.1) is 5.92 Å². The molecule has 0 radical (unpaired) electrons. The van der Waals surface area contributed by atoms with Crippen molar-refractivity contribution in [1.82, 2.24) is 5.32 Å². The van der Waals surface area contributed by atoms with Gasteiger partial charge in [-0.3, -0.25) is 0 Å². The van der Waals surface area contributed by atoms with Gasteiger partial charge in [-0.15, -0.1) is 0 Å². The minimum Gasteiger partial charge on any atom is -0.382 e. The van der Waals surface area contributed by atoms with E-state index in [9.17, 15) is 0 Å². The Morgan fingerprint density at radius 3 is 2.20 bits per heavy atom. The first-order chi connectivity index (χ1) is 7.29. The van der Waals surface area contributed by atoms with Gasteiger partial charge in [-0.25, -0.2) is 0 Å². The normalized spacial score (nSPS) is 13.4. The molecule has 0 saturated heterocycles. The van der Waals surface area contributed by atoms with E-state index in [0.717, 1.165) is 25.7 Å². The standard InChI is InChI=1S/C13H29NO/c1-5-12(6-2)13(14-7-3)10-9-11-15-8-4/h12-14H,5-11H2,1-4H3. The van der Waals surface area contributed by atoms with Gasteiger partial charge in [0.2, 0.25) is 0 Å². The van der Waals surface area contributed by atoms with Gasteiger partial charge < -0.3 is 10.1 Å². The summed E-state index contributed by atoms with van der Waals surface area (Å²) in [6, 6.07) is 0.686. The quantitative estimate of drug-likeness (QED) is 0.565. The highest BCUT2D eigenvalue weighted by Crippen LogP contribution is 2.17. The Bertz CT molecular complexity index is 124. The first-order valence-corrected chi connectivity index (χ1v) is 6.61. The lowest BCUT2D eigenvalue weighted by Crippen LogP contribution is -2.35. The van der Waals surface area contributed by atoms with E-state index in [2.05, 4.69) is 33.0 Å². The molecule has 1 unspecified atom stereocenters. The molecule has 0 aromatic carbocycles. The molecule has 0 aliphatic carbocycles. The second-order valence-electron chi connectivity index (χ2n) is 4.08. The maximum atomic E-state index is 5.38. The Balaban J connectivity index is 3.80. The smallest absolute Gasteiger partial charge is 0.0466 e. The van der Waals surface area contributed by atoms with Crippen molar-refractivity contribution in [3.63, 3.8) is 0 Å². The number of hydrogen-bond acceptors (Lipinski definition) is 2. The largest absolute Gasteiger partial charge is 0.382 e. The monoisotopic (exact) mass is 215 g/mol. The molecule has 92 valence electrons. The lowest BCUT2D eigenvalue weighted by atomic mass is 9.91. The van der Waals surface area contributed by atoms with Crippen molar-refractivity contribution >= 4 is 0 Å². The summed E-state index contributed by atoms with van der Waals surface area (Å²) in [5, 5.41) is 3.61. The van der Waals surface area contributed by atoms with Crippen LogP contribution in [-0.4, -0.2) is 25.8 Å². The third-order valence-electron chi connectivity index (χ3n) is 3.09. The van der Waals surface area contributed by atoms with Crippen molar-refractivity contribution in [2.24, 2.45) is 5.92 Å². The zero-order valence-corrected chi connectivity index (χ0v) is 11.0. The van der Waals surface area contributed by atoms with E-state index in [1.807, 2.05) is 0 Å². The first kappa shape index (κ1) is 14.9. The summed E-state index contributed by atoms with van der Waals surface area (Å²) in [6.45, 7) is 11.7. The highest BCUT2D eigenvalue weighted by molar-refractivity contribution is 4.74. The highest BCUT2D eigenvalue weighted by atomic mass is 16.5. The van der Waals surface area contributed by atoms with Gasteiger partial charge in [-0.1, -0.05) is 33.6 Å². The molecule has 1 atom stereocenters. The van der Waals surface area contributed by atoms with Gasteiger partial charge in [0.1, 0.15) is 0 Å². The van der Waals surface area contributed by atoms with Gasteiger partial charge in [-0.05, 0) is 32.2 Å². The number of ether oxygens (including phenoxy) is 1. The molecule has 2 heteroatoms. The molecule has 0 rings (SSSR count). The third-order valence-corrected chi connectivity index (χ3v) is 3.09. The zero-order chi connectivity index (χ0) is 11.5. The molecule has 0 aliphatic heterocycles. The minimum absolute atomic E-state index is 0.686. The first-order valence-electron chi connectivity index (χ1n) is 6.61. The molecule has 0 bridgehead atoms. The van der Waals surface area contributed by atoms with Crippen LogP contribution in [0.1, 0.15) is 53.4 Å². The maximum Gasteiger partial charge on any atom is 0.0466 e. The van der Waals surface area contributed by atoms with Crippen LogP contribution in [0.2, 0.25) is 0 Å². The van der Waals surface area contributed by atoms with E-state index in [1.54, 1.807) is 0 Å². The summed E-state index contributed by atoms with van der Waals surface area (Å²) in [5.74, 6) is 0.826. The molecule has 15 heavy (non-hydrogen) atoms. The van der Waals surface area contributed by atoms with Gasteiger partial charge in [0.05, 0.1) is 0 Å². The van der Waals surface area contributed by atoms with Crippen LogP contribution in [0.25, 0.3) is 0 Å². The molecule has 0 spiro atoms. The van der Waals surface area contributed by atoms with E-state index >= 15 is 0 Å². The van der Waals surface area contributed by atoms with Crippen LogP contribution < -0.4 is 5.32 Å². The number of nitrogens with one attached hydrogen (secondary N) is 1. The van der Waals surface area contributed by atoms with Crippen LogP contribution >= 0.6 is 0 Å². The average Bonchev–Trinajstić information content (AvgIpc) is 2.26. The zero-order valence-electron chi connectivity index (χ0n) is 11.0. The van der Waals surface area contributed by atoms with E-state index in [-0.39, 0.29) is 0 Å². The van der Waals surface area contributed by atoms with Crippen LogP contribution in [-0.2, 0) is 4.74 Å². The minimum atomic E-state index is 0.686. The van der Waals surface area contributed by atoms with E-state index < -0.39 is 0 Å². The third kappa shape index (κ3) is 6.91. The Morgan fingerprint density at radius 2 is 1.73 bits per heavy atom. The summed E-state index contributed by atoms with van der Waals surface area (Å²) in [6.07, 6.45) is 4.99. The second kappa shape index (κ2) is 10.4. The lowest BCUT2D eigenvalue weighted by Gasteiger charge is -2.26. The molecule has 0 aromatic heterocycles. The van der Waals surface area contributed by atoms with E-state index in [0.29, 0.717) is 6.04 Å².